The van der Waals surface area contributed by atoms with E-state index in [-0.39, 0.29) is 0 Å². The number of nitrogens with one attached hydrogen (secondary N) is 1. The second-order valence-corrected chi connectivity index (χ2v) is 4.84. The van der Waals surface area contributed by atoms with Crippen molar-refractivity contribution < 1.29 is 0 Å². The molecule has 1 atom stereocenters. The molecule has 0 saturated carbocycles. The highest BCUT2D eigenvalue weighted by molar-refractivity contribution is 7.10. The zero-order chi connectivity index (χ0) is 10.3. The van der Waals surface area contributed by atoms with Gasteiger partial charge in [-0.2, -0.15) is 0 Å². The molecule has 0 aromatic carbocycles. The Balaban J connectivity index is 2.06. The second kappa shape index (κ2) is 3.38. The largest absolute Gasteiger partial charge is 0.356 e. The maximum atomic E-state index is 4.47. The molecule has 1 N–H and O–H groups in total. The van der Waals surface area contributed by atoms with Gasteiger partial charge in [0.25, 0.3) is 0 Å². The van der Waals surface area contributed by atoms with E-state index in [1.165, 1.54) is 4.88 Å². The fourth-order valence-corrected chi connectivity index (χ4v) is 2.96. The molecular formula is C11H13N3S. The number of aryl methyl sites for hydroxylation is 1. The number of hydrogen-bond acceptors (Lipinski definition) is 3. The first-order valence-electron chi connectivity index (χ1n) is 5.17. The molecule has 3 rings (SSSR count). The van der Waals surface area contributed by atoms with Crippen LogP contribution in [0.2, 0.25) is 0 Å². The van der Waals surface area contributed by atoms with Gasteiger partial charge in [-0.05, 0) is 24.8 Å². The normalized spacial score (nSPS) is 19.7. The molecular weight excluding hydrogens is 206 g/mol. The van der Waals surface area contributed by atoms with Gasteiger partial charge in [0.05, 0.1) is 11.7 Å². The first-order chi connectivity index (χ1) is 7.34. The Morgan fingerprint density at radius 3 is 3.33 bits per heavy atom. The van der Waals surface area contributed by atoms with Crippen LogP contribution in [0.15, 0.2) is 23.7 Å². The summed E-state index contributed by atoms with van der Waals surface area (Å²) in [6.45, 7) is 3.05. The fraction of sp³-hybridized carbons (Fsp3) is 0.364. The molecule has 0 aliphatic carbocycles. The molecule has 1 aliphatic heterocycles. The van der Waals surface area contributed by atoms with Crippen LogP contribution in [0, 0.1) is 6.92 Å². The monoisotopic (exact) mass is 219 g/mol. The second-order valence-electron chi connectivity index (χ2n) is 3.86. The molecule has 2 aromatic rings. The van der Waals surface area contributed by atoms with Crippen molar-refractivity contribution in [2.75, 3.05) is 11.9 Å². The fourth-order valence-electron chi connectivity index (χ4n) is 2.10. The van der Waals surface area contributed by atoms with Crippen LogP contribution in [0.5, 0.6) is 0 Å². The van der Waals surface area contributed by atoms with Gasteiger partial charge in [-0.15, -0.1) is 11.3 Å². The molecule has 1 unspecified atom stereocenters. The Kier molecular flexibility index (Phi) is 2.02. The zero-order valence-corrected chi connectivity index (χ0v) is 9.42. The number of rotatable bonds is 1. The molecule has 3 heterocycles. The van der Waals surface area contributed by atoms with E-state index < -0.39 is 0 Å². The van der Waals surface area contributed by atoms with Crippen molar-refractivity contribution in [2.45, 2.75) is 19.4 Å². The lowest BCUT2D eigenvalue weighted by atomic mass is 10.1. The molecule has 78 valence electrons. The first-order valence-corrected chi connectivity index (χ1v) is 6.05. The van der Waals surface area contributed by atoms with Crippen molar-refractivity contribution in [1.29, 1.82) is 0 Å². The molecule has 2 aromatic heterocycles. The summed E-state index contributed by atoms with van der Waals surface area (Å²) < 4.78 is 2.25. The van der Waals surface area contributed by atoms with Gasteiger partial charge in [-0.25, -0.2) is 4.98 Å². The molecule has 0 spiro atoms. The van der Waals surface area contributed by atoms with Crippen LogP contribution < -0.4 is 5.32 Å². The lowest BCUT2D eigenvalue weighted by Gasteiger charge is -2.25. The van der Waals surface area contributed by atoms with Gasteiger partial charge in [0.15, 0.2) is 0 Å². The van der Waals surface area contributed by atoms with Crippen LogP contribution in [0.4, 0.5) is 5.95 Å². The van der Waals surface area contributed by atoms with Crippen molar-refractivity contribution in [3.63, 3.8) is 0 Å². The minimum atomic E-state index is 0.474. The minimum Gasteiger partial charge on any atom is -0.356 e. The third-order valence-corrected chi connectivity index (χ3v) is 3.73. The standard InChI is InChI=1S/C11H13N3S/c1-8-7-14-9(10-3-2-6-15-10)4-5-12-11(14)13-8/h2-3,6-7,9H,4-5H2,1H3,(H,12,13). The summed E-state index contributed by atoms with van der Waals surface area (Å²) in [5, 5.41) is 5.47. The number of anilines is 1. The molecule has 3 nitrogen and oxygen atoms in total. The van der Waals surface area contributed by atoms with E-state index in [2.05, 4.69) is 38.6 Å². The van der Waals surface area contributed by atoms with E-state index in [9.17, 15) is 0 Å². The topological polar surface area (TPSA) is 29.9 Å². The average Bonchev–Trinajstić information content (AvgIpc) is 2.82. The van der Waals surface area contributed by atoms with Crippen LogP contribution in [0.3, 0.4) is 0 Å². The van der Waals surface area contributed by atoms with Gasteiger partial charge in [0.2, 0.25) is 5.95 Å². The molecule has 0 fully saturated rings. The Labute approximate surface area is 92.8 Å². The third-order valence-electron chi connectivity index (χ3n) is 2.76. The van der Waals surface area contributed by atoms with Crippen molar-refractivity contribution in [2.24, 2.45) is 0 Å². The van der Waals surface area contributed by atoms with Gasteiger partial charge in [-0.1, -0.05) is 6.07 Å². The third kappa shape index (κ3) is 1.45. The molecule has 0 saturated heterocycles. The van der Waals surface area contributed by atoms with Crippen LogP contribution in [0.1, 0.15) is 23.0 Å². The van der Waals surface area contributed by atoms with Crippen molar-refractivity contribution in [3.05, 3.63) is 34.3 Å². The molecule has 4 heteroatoms. The average molecular weight is 219 g/mol. The SMILES string of the molecule is Cc1cn2c(n1)NCCC2c1cccs1. The van der Waals surface area contributed by atoms with Gasteiger partial charge in [0.1, 0.15) is 0 Å². The highest BCUT2D eigenvalue weighted by Crippen LogP contribution is 2.31. The van der Waals surface area contributed by atoms with Crippen molar-refractivity contribution >= 4 is 17.3 Å². The Bertz CT molecular complexity index is 458. The zero-order valence-electron chi connectivity index (χ0n) is 8.60. The van der Waals surface area contributed by atoms with Gasteiger partial charge in [0, 0.05) is 17.6 Å². The summed E-state index contributed by atoms with van der Waals surface area (Å²) >= 11 is 1.83. The summed E-state index contributed by atoms with van der Waals surface area (Å²) in [5.41, 5.74) is 1.08. The molecule has 1 aliphatic rings. The summed E-state index contributed by atoms with van der Waals surface area (Å²) in [6, 6.07) is 4.80. The number of fused-ring (bicyclic) bond motifs is 1. The van der Waals surface area contributed by atoms with Crippen LogP contribution in [-0.4, -0.2) is 16.1 Å². The van der Waals surface area contributed by atoms with Gasteiger partial charge >= 0.3 is 0 Å². The summed E-state index contributed by atoms with van der Waals surface area (Å²) in [6.07, 6.45) is 3.27. The lowest BCUT2D eigenvalue weighted by molar-refractivity contribution is 0.538. The predicted molar refractivity (Wildman–Crippen MR) is 62.5 cm³/mol. The maximum Gasteiger partial charge on any atom is 0.203 e. The quantitative estimate of drug-likeness (QED) is 0.799. The van der Waals surface area contributed by atoms with Crippen molar-refractivity contribution in [1.82, 2.24) is 9.55 Å². The molecule has 0 amide bonds. The van der Waals surface area contributed by atoms with Crippen LogP contribution >= 0.6 is 11.3 Å². The van der Waals surface area contributed by atoms with E-state index in [0.29, 0.717) is 6.04 Å². The number of hydrogen-bond donors (Lipinski definition) is 1. The maximum absolute atomic E-state index is 4.47. The van der Waals surface area contributed by atoms with E-state index in [1.54, 1.807) is 0 Å². The van der Waals surface area contributed by atoms with Gasteiger partial charge < -0.3 is 9.88 Å². The number of imidazole rings is 1. The first kappa shape index (κ1) is 8.97. The van der Waals surface area contributed by atoms with Crippen molar-refractivity contribution in [3.8, 4) is 0 Å². The highest BCUT2D eigenvalue weighted by Gasteiger charge is 2.22. The van der Waals surface area contributed by atoms with E-state index in [1.807, 2.05) is 18.3 Å². The Morgan fingerprint density at radius 1 is 1.60 bits per heavy atom. The number of aromatic nitrogens is 2. The minimum absolute atomic E-state index is 0.474. The summed E-state index contributed by atoms with van der Waals surface area (Å²) in [7, 11) is 0. The summed E-state index contributed by atoms with van der Waals surface area (Å²) in [5.74, 6) is 1.01. The molecule has 15 heavy (non-hydrogen) atoms. The Hall–Kier alpha value is -1.29. The number of thiophene rings is 1. The van der Waals surface area contributed by atoms with E-state index >= 15 is 0 Å². The smallest absolute Gasteiger partial charge is 0.203 e. The van der Waals surface area contributed by atoms with Gasteiger partial charge in [-0.3, -0.25) is 0 Å². The Morgan fingerprint density at radius 2 is 2.53 bits per heavy atom. The van der Waals surface area contributed by atoms with E-state index in [0.717, 1.165) is 24.6 Å². The highest BCUT2D eigenvalue weighted by atomic mass is 32.1. The predicted octanol–water partition coefficient (Wildman–Crippen LogP) is 2.66. The molecule has 0 bridgehead atoms. The lowest BCUT2D eigenvalue weighted by Crippen LogP contribution is -2.22. The number of nitrogens with zero attached hydrogens (tertiary/aromatic N) is 2. The summed E-state index contributed by atoms with van der Waals surface area (Å²) in [4.78, 5) is 5.89. The van der Waals surface area contributed by atoms with Crippen LogP contribution in [-0.2, 0) is 0 Å². The molecule has 0 radical (unpaired) electrons. The van der Waals surface area contributed by atoms with E-state index in [4.69, 9.17) is 0 Å². The van der Waals surface area contributed by atoms with Crippen LogP contribution in [0.25, 0.3) is 0 Å².